The molecule has 1 saturated carbocycles. The first kappa shape index (κ1) is 27.4. The Bertz CT molecular complexity index is 1630. The highest BCUT2D eigenvalue weighted by Crippen LogP contribution is 2.46. The van der Waals surface area contributed by atoms with Gasteiger partial charge in [0.25, 0.3) is 0 Å². The number of benzene rings is 3. The minimum absolute atomic E-state index is 0.171. The lowest BCUT2D eigenvalue weighted by molar-refractivity contribution is 0.0600. The Hall–Kier alpha value is -3.72. The van der Waals surface area contributed by atoms with Crippen LogP contribution in [0.3, 0.4) is 0 Å². The number of carbonyl (C=O) groups excluding carboxylic acids is 2. The molecule has 1 aromatic heterocycles. The number of esters is 1. The zero-order chi connectivity index (χ0) is 28.7. The largest absolute Gasteiger partial charge is 0.489 e. The van der Waals surface area contributed by atoms with Crippen LogP contribution in [-0.2, 0) is 16.1 Å². The summed E-state index contributed by atoms with van der Waals surface area (Å²) in [5, 5.41) is 5.62. The molecule has 2 fully saturated rings. The Morgan fingerprint density at radius 1 is 1.02 bits per heavy atom. The first-order valence-electron chi connectivity index (χ1n) is 12.9. The number of amides is 1. The molecule has 0 spiro atoms. The highest BCUT2D eigenvalue weighted by Gasteiger charge is 2.36. The number of hydrogen-bond acceptors (Lipinski definition) is 7. The van der Waals surface area contributed by atoms with Crippen molar-refractivity contribution in [2.45, 2.75) is 31.5 Å². The van der Waals surface area contributed by atoms with Crippen molar-refractivity contribution in [1.29, 1.82) is 0 Å². The van der Waals surface area contributed by atoms with Crippen molar-refractivity contribution < 1.29 is 28.3 Å². The Morgan fingerprint density at radius 2 is 1.78 bits per heavy atom. The first-order chi connectivity index (χ1) is 19.8. The third kappa shape index (κ3) is 5.47. The van der Waals surface area contributed by atoms with E-state index in [-0.39, 0.29) is 19.1 Å². The van der Waals surface area contributed by atoms with Crippen LogP contribution in [0.4, 0.5) is 10.5 Å². The topological polar surface area (TPSA) is 91.1 Å². The molecule has 1 amide bonds. The van der Waals surface area contributed by atoms with E-state index >= 15 is 0 Å². The number of halogens is 3. The summed E-state index contributed by atoms with van der Waals surface area (Å²) in [5.74, 6) is 1.08. The number of rotatable bonds is 8. The third-order valence-electron chi connectivity index (χ3n) is 7.06. The second-order valence-corrected chi connectivity index (χ2v) is 11.0. The van der Waals surface area contributed by atoms with Crippen molar-refractivity contribution in [2.24, 2.45) is 0 Å². The van der Waals surface area contributed by atoms with Crippen LogP contribution < -0.4 is 9.64 Å². The van der Waals surface area contributed by atoms with Gasteiger partial charge in [0, 0.05) is 22.7 Å². The van der Waals surface area contributed by atoms with Gasteiger partial charge in [-0.1, -0.05) is 58.2 Å². The van der Waals surface area contributed by atoms with Gasteiger partial charge in [0.05, 0.1) is 39.8 Å². The van der Waals surface area contributed by atoms with E-state index in [2.05, 4.69) is 5.16 Å². The van der Waals surface area contributed by atoms with E-state index in [9.17, 15) is 9.59 Å². The summed E-state index contributed by atoms with van der Waals surface area (Å²) in [6, 6.07) is 17.1. The summed E-state index contributed by atoms with van der Waals surface area (Å²) in [5.41, 5.74) is 3.43. The number of methoxy groups -OCH3 is 1. The maximum absolute atomic E-state index is 12.7. The quantitative estimate of drug-likeness (QED) is 0.185. The smallest absolute Gasteiger partial charge is 0.415 e. The summed E-state index contributed by atoms with van der Waals surface area (Å²) in [4.78, 5) is 26.1. The molecule has 1 saturated heterocycles. The maximum atomic E-state index is 12.7. The van der Waals surface area contributed by atoms with Gasteiger partial charge < -0.3 is 18.7 Å². The summed E-state index contributed by atoms with van der Waals surface area (Å²) in [6.07, 6.45) is 0.879. The fourth-order valence-electron chi connectivity index (χ4n) is 4.82. The molecule has 2 heterocycles. The summed E-state index contributed by atoms with van der Waals surface area (Å²) >= 11 is 19.6. The number of ether oxygens (including phenoxy) is 3. The van der Waals surface area contributed by atoms with Crippen LogP contribution in [0.1, 0.15) is 52.1 Å². The Morgan fingerprint density at radius 3 is 2.49 bits per heavy atom. The second-order valence-electron chi connectivity index (χ2n) is 9.74. The lowest BCUT2D eigenvalue weighted by Gasteiger charge is -2.15. The van der Waals surface area contributed by atoms with Crippen molar-refractivity contribution in [1.82, 2.24) is 5.16 Å². The molecule has 0 bridgehead atoms. The van der Waals surface area contributed by atoms with Crippen molar-refractivity contribution >= 4 is 52.6 Å². The van der Waals surface area contributed by atoms with Gasteiger partial charge in [0.2, 0.25) is 0 Å². The number of aromatic nitrogens is 1. The number of hydrogen-bond donors (Lipinski definition) is 0. The molecule has 0 N–H and O–H groups in total. The van der Waals surface area contributed by atoms with Gasteiger partial charge in [-0.15, -0.1) is 0 Å². The second kappa shape index (κ2) is 11.3. The Labute approximate surface area is 250 Å². The van der Waals surface area contributed by atoms with Gasteiger partial charge >= 0.3 is 12.1 Å². The van der Waals surface area contributed by atoms with Crippen molar-refractivity contribution in [3.05, 3.63) is 98.2 Å². The summed E-state index contributed by atoms with van der Waals surface area (Å²) in [7, 11) is 1.30. The average molecular weight is 614 g/mol. The van der Waals surface area contributed by atoms with Crippen molar-refractivity contribution in [2.75, 3.05) is 18.6 Å². The summed E-state index contributed by atoms with van der Waals surface area (Å²) < 4.78 is 22.2. The van der Waals surface area contributed by atoms with Crippen LogP contribution >= 0.6 is 34.8 Å². The standard InChI is InChI=1S/C30H23Cl3N2O6/c1-38-29(36)17-4-2-5-18(12-17)35-14-25(40-30(35)37)20-11-10-19(13-24(20)33)39-15-21-27(34-41-28(21)16-8-9-16)26-22(31)6-3-7-23(26)32/h2-7,10-13,16,25H,8-9,14-15H2,1H3. The normalized spacial score (nSPS) is 16.5. The van der Waals surface area contributed by atoms with Gasteiger partial charge in [-0.25, -0.2) is 9.59 Å². The third-order valence-corrected chi connectivity index (χ3v) is 8.02. The van der Waals surface area contributed by atoms with Crippen LogP contribution in [0.25, 0.3) is 11.3 Å². The molecule has 1 aliphatic heterocycles. The molecule has 4 aromatic rings. The number of cyclic esters (lactones) is 1. The lowest BCUT2D eigenvalue weighted by Crippen LogP contribution is -2.23. The zero-order valence-corrected chi connectivity index (χ0v) is 24.0. The number of anilines is 1. The minimum atomic E-state index is -0.612. The summed E-state index contributed by atoms with van der Waals surface area (Å²) in [6.45, 7) is 0.390. The van der Waals surface area contributed by atoms with Crippen LogP contribution in [-0.4, -0.2) is 30.9 Å². The molecular weight excluding hydrogens is 591 g/mol. The van der Waals surface area contributed by atoms with Gasteiger partial charge in [-0.2, -0.15) is 0 Å². The highest BCUT2D eigenvalue weighted by atomic mass is 35.5. The molecule has 11 heteroatoms. The van der Waals surface area contributed by atoms with Gasteiger partial charge in [-0.3, -0.25) is 4.90 Å². The van der Waals surface area contributed by atoms with Crippen molar-refractivity contribution in [3.63, 3.8) is 0 Å². The molecule has 1 aliphatic carbocycles. The van der Waals surface area contributed by atoms with E-state index in [0.29, 0.717) is 48.9 Å². The molecule has 41 heavy (non-hydrogen) atoms. The molecule has 3 aromatic carbocycles. The lowest BCUT2D eigenvalue weighted by atomic mass is 10.0. The maximum Gasteiger partial charge on any atom is 0.415 e. The van der Waals surface area contributed by atoms with E-state index in [1.165, 1.54) is 12.0 Å². The SMILES string of the molecule is COC(=O)c1cccc(N2CC(c3ccc(OCc4c(-c5c(Cl)cccc5Cl)noc4C4CC4)cc3Cl)OC2=O)c1. The van der Waals surface area contributed by atoms with Crippen LogP contribution in [0.5, 0.6) is 5.75 Å². The van der Waals surface area contributed by atoms with Crippen LogP contribution in [0.2, 0.25) is 15.1 Å². The average Bonchev–Trinajstić information content (AvgIpc) is 3.62. The predicted octanol–water partition coefficient (Wildman–Crippen LogP) is 8.24. The molecule has 6 rings (SSSR count). The van der Waals surface area contributed by atoms with E-state index in [1.54, 1.807) is 60.7 Å². The van der Waals surface area contributed by atoms with E-state index in [4.69, 9.17) is 53.5 Å². The van der Waals surface area contributed by atoms with Crippen LogP contribution in [0, 0.1) is 0 Å². The van der Waals surface area contributed by atoms with E-state index < -0.39 is 18.2 Å². The van der Waals surface area contributed by atoms with Crippen molar-refractivity contribution in [3.8, 4) is 17.0 Å². The molecule has 1 unspecified atom stereocenters. The Kier molecular flexibility index (Phi) is 7.55. The van der Waals surface area contributed by atoms with Gasteiger partial charge in [0.15, 0.2) is 0 Å². The van der Waals surface area contributed by atoms with E-state index in [0.717, 1.165) is 24.2 Å². The van der Waals surface area contributed by atoms with Gasteiger partial charge in [-0.05, 0) is 55.3 Å². The Balaban J connectivity index is 1.20. The molecule has 1 atom stereocenters. The molecule has 2 aliphatic rings. The van der Waals surface area contributed by atoms with Gasteiger partial charge in [0.1, 0.15) is 29.9 Å². The highest BCUT2D eigenvalue weighted by molar-refractivity contribution is 6.39. The molecular formula is C30H23Cl3N2O6. The number of nitrogens with zero attached hydrogens (tertiary/aromatic N) is 2. The molecule has 8 nitrogen and oxygen atoms in total. The zero-order valence-electron chi connectivity index (χ0n) is 21.7. The number of carbonyl (C=O) groups is 2. The van der Waals surface area contributed by atoms with E-state index in [1.807, 2.05) is 0 Å². The first-order valence-corrected chi connectivity index (χ1v) is 14.0. The monoisotopic (exact) mass is 612 g/mol. The fourth-order valence-corrected chi connectivity index (χ4v) is 5.69. The fraction of sp³-hybridized carbons (Fsp3) is 0.233. The van der Waals surface area contributed by atoms with Crippen LogP contribution in [0.15, 0.2) is 65.2 Å². The molecule has 0 radical (unpaired) electrons. The predicted molar refractivity (Wildman–Crippen MR) is 154 cm³/mol. The minimum Gasteiger partial charge on any atom is -0.489 e. The molecule has 210 valence electrons.